The highest BCUT2D eigenvalue weighted by molar-refractivity contribution is 7.71. The number of H-pyrrole nitrogens is 1. The summed E-state index contributed by atoms with van der Waals surface area (Å²) < 4.78 is 2.30. The van der Waals surface area contributed by atoms with Crippen LogP contribution in [0.4, 0.5) is 0 Å². The predicted octanol–water partition coefficient (Wildman–Crippen LogP) is 3.94. The quantitative estimate of drug-likeness (QED) is 0.542. The molecule has 1 N–H and O–H groups in total. The summed E-state index contributed by atoms with van der Waals surface area (Å²) in [5, 5.41) is 2.93. The first-order valence-corrected chi connectivity index (χ1v) is 7.32. The van der Waals surface area contributed by atoms with E-state index in [1.54, 1.807) is 4.57 Å². The Balaban J connectivity index is 2.11. The third-order valence-corrected chi connectivity index (χ3v) is 4.53. The van der Waals surface area contributed by atoms with E-state index in [4.69, 9.17) is 12.2 Å². The van der Waals surface area contributed by atoms with E-state index in [9.17, 15) is 4.79 Å². The van der Waals surface area contributed by atoms with Gasteiger partial charge in [0.25, 0.3) is 5.56 Å². The summed E-state index contributed by atoms with van der Waals surface area (Å²) in [6.45, 7) is 0. The molecule has 0 spiro atoms. The molecule has 1 aliphatic carbocycles. The summed E-state index contributed by atoms with van der Waals surface area (Å²) in [7, 11) is 0. The standard InChI is InChI=1S/C16H14N2OS/c19-15-13-8-10-4-1-2-5-11(10)9-14(13)17-16(20)18(15)12-6-3-7-12/h1-2,4-5,8-9,12H,3,6-7H2,(H,17,20). The fraction of sp³-hybridized carbons (Fsp3) is 0.250. The van der Waals surface area contributed by atoms with Gasteiger partial charge in [0.05, 0.1) is 10.9 Å². The monoisotopic (exact) mass is 282 g/mol. The van der Waals surface area contributed by atoms with Gasteiger partial charge in [0, 0.05) is 6.04 Å². The summed E-state index contributed by atoms with van der Waals surface area (Å²) in [6.07, 6.45) is 3.29. The van der Waals surface area contributed by atoms with Crippen LogP contribution >= 0.6 is 12.2 Å². The molecule has 0 saturated heterocycles. The highest BCUT2D eigenvalue weighted by atomic mass is 32.1. The molecule has 100 valence electrons. The second-order valence-electron chi connectivity index (χ2n) is 5.43. The molecule has 1 aliphatic rings. The number of hydrogen-bond donors (Lipinski definition) is 1. The van der Waals surface area contributed by atoms with Crippen LogP contribution in [0, 0.1) is 4.77 Å². The molecule has 0 atom stereocenters. The number of nitrogens with zero attached hydrogens (tertiary/aromatic N) is 1. The minimum Gasteiger partial charge on any atom is -0.332 e. The average molecular weight is 282 g/mol. The SMILES string of the molecule is O=c1c2cc3ccccc3cc2[nH]c(=S)n1C1CCC1. The van der Waals surface area contributed by atoms with Crippen LogP contribution in [-0.4, -0.2) is 9.55 Å². The largest absolute Gasteiger partial charge is 0.332 e. The second kappa shape index (κ2) is 4.28. The van der Waals surface area contributed by atoms with Gasteiger partial charge in [-0.15, -0.1) is 0 Å². The molecule has 0 radical (unpaired) electrons. The second-order valence-corrected chi connectivity index (χ2v) is 5.82. The predicted molar refractivity (Wildman–Crippen MR) is 83.8 cm³/mol. The van der Waals surface area contributed by atoms with Crippen LogP contribution in [0.25, 0.3) is 21.7 Å². The van der Waals surface area contributed by atoms with E-state index < -0.39 is 0 Å². The fourth-order valence-electron chi connectivity index (χ4n) is 2.89. The average Bonchev–Trinajstić information content (AvgIpc) is 2.39. The highest BCUT2D eigenvalue weighted by Gasteiger charge is 2.22. The van der Waals surface area contributed by atoms with Crippen molar-refractivity contribution >= 4 is 33.9 Å². The van der Waals surface area contributed by atoms with Gasteiger partial charge < -0.3 is 4.98 Å². The molecule has 4 rings (SSSR count). The van der Waals surface area contributed by atoms with Gasteiger partial charge in [-0.2, -0.15) is 0 Å². The molecule has 1 saturated carbocycles. The van der Waals surface area contributed by atoms with E-state index in [1.165, 1.54) is 6.42 Å². The summed E-state index contributed by atoms with van der Waals surface area (Å²) in [5.74, 6) is 0. The molecule has 0 unspecified atom stereocenters. The summed E-state index contributed by atoms with van der Waals surface area (Å²) in [4.78, 5) is 15.9. The van der Waals surface area contributed by atoms with Crippen LogP contribution in [0.5, 0.6) is 0 Å². The van der Waals surface area contributed by atoms with Crippen molar-refractivity contribution < 1.29 is 0 Å². The number of rotatable bonds is 1. The zero-order valence-corrected chi connectivity index (χ0v) is 11.7. The van der Waals surface area contributed by atoms with Gasteiger partial charge in [-0.1, -0.05) is 24.3 Å². The zero-order chi connectivity index (χ0) is 13.7. The molecule has 1 fully saturated rings. The van der Waals surface area contributed by atoms with Gasteiger partial charge in [-0.05, 0) is 54.4 Å². The number of hydrogen-bond acceptors (Lipinski definition) is 2. The number of aromatic nitrogens is 2. The third-order valence-electron chi connectivity index (χ3n) is 4.24. The molecular weight excluding hydrogens is 268 g/mol. The third kappa shape index (κ3) is 1.64. The fourth-order valence-corrected chi connectivity index (χ4v) is 3.24. The maximum absolute atomic E-state index is 12.7. The summed E-state index contributed by atoms with van der Waals surface area (Å²) >= 11 is 5.37. The van der Waals surface area contributed by atoms with Crippen molar-refractivity contribution in [1.29, 1.82) is 0 Å². The highest BCUT2D eigenvalue weighted by Crippen LogP contribution is 2.31. The topological polar surface area (TPSA) is 37.8 Å². The van der Waals surface area contributed by atoms with E-state index in [1.807, 2.05) is 36.4 Å². The van der Waals surface area contributed by atoms with Gasteiger partial charge in [-0.25, -0.2) is 0 Å². The first kappa shape index (κ1) is 11.9. The van der Waals surface area contributed by atoms with Crippen LogP contribution in [0.1, 0.15) is 25.3 Å². The summed E-state index contributed by atoms with van der Waals surface area (Å²) in [6, 6.07) is 12.3. The van der Waals surface area contributed by atoms with Gasteiger partial charge in [-0.3, -0.25) is 9.36 Å². The Hall–Kier alpha value is -1.94. The Morgan fingerprint density at radius 1 is 1.15 bits per heavy atom. The van der Waals surface area contributed by atoms with Crippen molar-refractivity contribution in [3.63, 3.8) is 0 Å². The molecule has 0 aliphatic heterocycles. The minimum absolute atomic E-state index is 0.0409. The Labute approximate surface area is 120 Å². The lowest BCUT2D eigenvalue weighted by atomic mass is 9.93. The van der Waals surface area contributed by atoms with Gasteiger partial charge in [0.2, 0.25) is 0 Å². The number of nitrogens with one attached hydrogen (secondary N) is 1. The molecule has 4 heteroatoms. The Morgan fingerprint density at radius 2 is 1.85 bits per heavy atom. The molecule has 1 aromatic heterocycles. The minimum atomic E-state index is 0.0409. The molecular formula is C16H14N2OS. The first-order chi connectivity index (χ1) is 9.74. The van der Waals surface area contributed by atoms with Crippen LogP contribution in [0.2, 0.25) is 0 Å². The lowest BCUT2D eigenvalue weighted by molar-refractivity contribution is 0.302. The van der Waals surface area contributed by atoms with E-state index in [2.05, 4.69) is 4.98 Å². The van der Waals surface area contributed by atoms with Crippen LogP contribution in [0.15, 0.2) is 41.2 Å². The van der Waals surface area contributed by atoms with Crippen LogP contribution in [0.3, 0.4) is 0 Å². The molecule has 3 nitrogen and oxygen atoms in total. The van der Waals surface area contributed by atoms with Crippen molar-refractivity contribution in [1.82, 2.24) is 9.55 Å². The maximum Gasteiger partial charge on any atom is 0.262 e. The first-order valence-electron chi connectivity index (χ1n) is 6.91. The molecule has 0 bridgehead atoms. The normalized spacial score (nSPS) is 15.6. The zero-order valence-electron chi connectivity index (χ0n) is 10.9. The van der Waals surface area contributed by atoms with Crippen molar-refractivity contribution in [3.05, 3.63) is 51.5 Å². The van der Waals surface area contributed by atoms with E-state index in [0.717, 1.165) is 34.5 Å². The number of benzene rings is 2. The maximum atomic E-state index is 12.7. The molecule has 0 amide bonds. The molecule has 20 heavy (non-hydrogen) atoms. The van der Waals surface area contributed by atoms with E-state index in [-0.39, 0.29) is 11.6 Å². The lowest BCUT2D eigenvalue weighted by Gasteiger charge is -2.27. The number of fused-ring (bicyclic) bond motifs is 2. The smallest absolute Gasteiger partial charge is 0.262 e. The van der Waals surface area contributed by atoms with Crippen molar-refractivity contribution in [2.75, 3.05) is 0 Å². The molecule has 2 aromatic carbocycles. The Bertz CT molecular complexity index is 934. The van der Waals surface area contributed by atoms with Crippen molar-refractivity contribution in [2.45, 2.75) is 25.3 Å². The van der Waals surface area contributed by atoms with Crippen molar-refractivity contribution in [2.24, 2.45) is 0 Å². The van der Waals surface area contributed by atoms with Gasteiger partial charge in [0.15, 0.2) is 4.77 Å². The Morgan fingerprint density at radius 3 is 2.50 bits per heavy atom. The van der Waals surface area contributed by atoms with E-state index in [0.29, 0.717) is 4.77 Å². The van der Waals surface area contributed by atoms with Crippen molar-refractivity contribution in [3.8, 4) is 0 Å². The van der Waals surface area contributed by atoms with Gasteiger partial charge in [0.1, 0.15) is 0 Å². The number of aromatic amines is 1. The van der Waals surface area contributed by atoms with Gasteiger partial charge >= 0.3 is 0 Å². The lowest BCUT2D eigenvalue weighted by Crippen LogP contribution is -2.30. The van der Waals surface area contributed by atoms with Crippen LogP contribution < -0.4 is 5.56 Å². The summed E-state index contributed by atoms with van der Waals surface area (Å²) in [5.41, 5.74) is 0.869. The van der Waals surface area contributed by atoms with Crippen LogP contribution in [-0.2, 0) is 0 Å². The molecule has 3 aromatic rings. The molecule has 1 heterocycles. The Kier molecular flexibility index (Phi) is 2.54. The van der Waals surface area contributed by atoms with E-state index >= 15 is 0 Å².